The van der Waals surface area contributed by atoms with Crippen molar-refractivity contribution in [2.45, 2.75) is 32.0 Å². The Hall–Kier alpha value is -4.53. The SMILES string of the molecule is O=C(O)CCNC(=O)c1cccc(NC(=O)N2CCC(Oc3ccc(OCc4ccccc4)cc3)CC2)c1. The summed E-state index contributed by atoms with van der Waals surface area (Å²) < 4.78 is 11.9. The van der Waals surface area contributed by atoms with Gasteiger partial charge in [-0.25, -0.2) is 4.79 Å². The number of piperidine rings is 1. The van der Waals surface area contributed by atoms with Gasteiger partial charge in [0.2, 0.25) is 0 Å². The maximum Gasteiger partial charge on any atom is 0.321 e. The first-order chi connectivity index (χ1) is 18.5. The van der Waals surface area contributed by atoms with Gasteiger partial charge in [0, 0.05) is 43.7 Å². The fourth-order valence-electron chi connectivity index (χ4n) is 4.05. The molecule has 0 aliphatic carbocycles. The molecule has 1 saturated heterocycles. The topological polar surface area (TPSA) is 117 Å². The van der Waals surface area contributed by atoms with Gasteiger partial charge in [0.15, 0.2) is 0 Å². The molecular weight excluding hydrogens is 486 g/mol. The Balaban J connectivity index is 1.20. The second-order valence-corrected chi connectivity index (χ2v) is 8.96. The van der Waals surface area contributed by atoms with Crippen LogP contribution in [0.4, 0.5) is 10.5 Å². The molecule has 0 saturated carbocycles. The largest absolute Gasteiger partial charge is 0.490 e. The molecule has 9 nitrogen and oxygen atoms in total. The Kier molecular flexibility index (Phi) is 9.17. The number of hydrogen-bond donors (Lipinski definition) is 3. The van der Waals surface area contributed by atoms with E-state index in [1.807, 2.05) is 54.6 Å². The molecular formula is C29H31N3O6. The second-order valence-electron chi connectivity index (χ2n) is 8.96. The zero-order valence-electron chi connectivity index (χ0n) is 21.0. The molecule has 3 amide bonds. The molecule has 1 aliphatic rings. The molecule has 1 aliphatic heterocycles. The lowest BCUT2D eigenvalue weighted by atomic mass is 10.1. The van der Waals surface area contributed by atoms with Gasteiger partial charge in [-0.1, -0.05) is 36.4 Å². The molecule has 9 heteroatoms. The highest BCUT2D eigenvalue weighted by Gasteiger charge is 2.24. The fourth-order valence-corrected chi connectivity index (χ4v) is 4.05. The summed E-state index contributed by atoms with van der Waals surface area (Å²) in [7, 11) is 0. The summed E-state index contributed by atoms with van der Waals surface area (Å²) in [6.07, 6.45) is 1.25. The van der Waals surface area contributed by atoms with Gasteiger partial charge in [-0.3, -0.25) is 9.59 Å². The van der Waals surface area contributed by atoms with E-state index in [2.05, 4.69) is 10.6 Å². The molecule has 0 bridgehead atoms. The lowest BCUT2D eigenvalue weighted by molar-refractivity contribution is -0.136. The van der Waals surface area contributed by atoms with Gasteiger partial charge in [0.1, 0.15) is 24.2 Å². The highest BCUT2D eigenvalue weighted by molar-refractivity contribution is 5.97. The third kappa shape index (κ3) is 7.99. The van der Waals surface area contributed by atoms with Gasteiger partial charge >= 0.3 is 12.0 Å². The number of urea groups is 1. The van der Waals surface area contributed by atoms with Crippen LogP contribution in [0.2, 0.25) is 0 Å². The lowest BCUT2D eigenvalue weighted by Gasteiger charge is -2.32. The van der Waals surface area contributed by atoms with E-state index in [9.17, 15) is 14.4 Å². The summed E-state index contributed by atoms with van der Waals surface area (Å²) in [6.45, 7) is 1.63. The van der Waals surface area contributed by atoms with Crippen LogP contribution >= 0.6 is 0 Å². The van der Waals surface area contributed by atoms with E-state index in [1.165, 1.54) is 0 Å². The zero-order valence-corrected chi connectivity index (χ0v) is 21.0. The smallest absolute Gasteiger partial charge is 0.321 e. The molecule has 3 aromatic rings. The van der Waals surface area contributed by atoms with Crippen molar-refractivity contribution in [1.82, 2.24) is 10.2 Å². The molecule has 1 fully saturated rings. The number of carboxylic acids is 1. The zero-order chi connectivity index (χ0) is 26.7. The number of aliphatic carboxylic acids is 1. The monoisotopic (exact) mass is 517 g/mol. The minimum absolute atomic E-state index is 0.00737. The number of ether oxygens (including phenoxy) is 2. The summed E-state index contributed by atoms with van der Waals surface area (Å²) in [5, 5.41) is 14.1. The number of carbonyl (C=O) groups excluding carboxylic acids is 2. The maximum atomic E-state index is 12.8. The van der Waals surface area contributed by atoms with Crippen LogP contribution in [0.5, 0.6) is 11.5 Å². The van der Waals surface area contributed by atoms with Crippen LogP contribution in [0, 0.1) is 0 Å². The number of amides is 3. The lowest BCUT2D eigenvalue weighted by Crippen LogP contribution is -2.43. The van der Waals surface area contributed by atoms with Crippen LogP contribution in [0.3, 0.4) is 0 Å². The minimum atomic E-state index is -0.984. The van der Waals surface area contributed by atoms with Crippen molar-refractivity contribution in [1.29, 1.82) is 0 Å². The van der Waals surface area contributed by atoms with Crippen molar-refractivity contribution in [2.75, 3.05) is 25.0 Å². The molecule has 0 spiro atoms. The molecule has 3 aromatic carbocycles. The molecule has 0 radical (unpaired) electrons. The Morgan fingerprint density at radius 1 is 0.895 bits per heavy atom. The quantitative estimate of drug-likeness (QED) is 0.363. The van der Waals surface area contributed by atoms with Crippen LogP contribution in [-0.4, -0.2) is 53.7 Å². The van der Waals surface area contributed by atoms with E-state index in [0.29, 0.717) is 43.8 Å². The van der Waals surface area contributed by atoms with Gasteiger partial charge in [0.25, 0.3) is 5.91 Å². The molecule has 0 unspecified atom stereocenters. The van der Waals surface area contributed by atoms with Crippen molar-refractivity contribution < 1.29 is 29.0 Å². The van der Waals surface area contributed by atoms with E-state index in [-0.39, 0.29) is 25.1 Å². The van der Waals surface area contributed by atoms with E-state index < -0.39 is 11.9 Å². The van der Waals surface area contributed by atoms with Crippen molar-refractivity contribution in [2.24, 2.45) is 0 Å². The van der Waals surface area contributed by atoms with Crippen LogP contribution in [-0.2, 0) is 11.4 Å². The third-order valence-electron chi connectivity index (χ3n) is 6.10. The summed E-state index contributed by atoms with van der Waals surface area (Å²) in [6, 6.07) is 23.9. The Bertz CT molecular complexity index is 1220. The first-order valence-corrected chi connectivity index (χ1v) is 12.6. The highest BCUT2D eigenvalue weighted by atomic mass is 16.5. The van der Waals surface area contributed by atoms with E-state index in [0.717, 1.165) is 17.1 Å². The minimum Gasteiger partial charge on any atom is -0.490 e. The molecule has 1 heterocycles. The van der Waals surface area contributed by atoms with Crippen LogP contribution in [0.1, 0.15) is 35.2 Å². The van der Waals surface area contributed by atoms with Crippen molar-refractivity contribution in [3.8, 4) is 11.5 Å². The first kappa shape index (κ1) is 26.5. The predicted molar refractivity (Wildman–Crippen MR) is 142 cm³/mol. The molecule has 198 valence electrons. The van der Waals surface area contributed by atoms with E-state index >= 15 is 0 Å². The van der Waals surface area contributed by atoms with Gasteiger partial charge < -0.3 is 30.1 Å². The number of likely N-dealkylation sites (tertiary alicyclic amines) is 1. The maximum absolute atomic E-state index is 12.8. The number of carbonyl (C=O) groups is 3. The van der Waals surface area contributed by atoms with Gasteiger partial charge in [0.05, 0.1) is 6.42 Å². The molecule has 0 atom stereocenters. The Morgan fingerprint density at radius 2 is 1.61 bits per heavy atom. The van der Waals surface area contributed by atoms with Crippen LogP contribution < -0.4 is 20.1 Å². The summed E-state index contributed by atoms with van der Waals surface area (Å²) in [5.74, 6) is 0.159. The third-order valence-corrected chi connectivity index (χ3v) is 6.10. The normalized spacial score (nSPS) is 13.4. The first-order valence-electron chi connectivity index (χ1n) is 12.6. The number of carboxylic acid groups (broad SMARTS) is 1. The van der Waals surface area contributed by atoms with Gasteiger partial charge in [-0.05, 0) is 48.0 Å². The number of rotatable bonds is 10. The number of nitrogens with one attached hydrogen (secondary N) is 2. The molecule has 0 aromatic heterocycles. The molecule has 3 N–H and O–H groups in total. The summed E-state index contributed by atoms with van der Waals surface area (Å²) in [5.41, 5.74) is 1.94. The van der Waals surface area contributed by atoms with Crippen molar-refractivity contribution in [3.05, 3.63) is 90.0 Å². The Morgan fingerprint density at radius 3 is 2.32 bits per heavy atom. The number of anilines is 1. The van der Waals surface area contributed by atoms with Gasteiger partial charge in [-0.2, -0.15) is 0 Å². The number of nitrogens with zero attached hydrogens (tertiary/aromatic N) is 1. The number of benzene rings is 3. The average molecular weight is 518 g/mol. The summed E-state index contributed by atoms with van der Waals surface area (Å²) >= 11 is 0. The van der Waals surface area contributed by atoms with Crippen LogP contribution in [0.15, 0.2) is 78.9 Å². The van der Waals surface area contributed by atoms with Crippen molar-refractivity contribution >= 4 is 23.6 Å². The average Bonchev–Trinajstić information content (AvgIpc) is 2.93. The highest BCUT2D eigenvalue weighted by Crippen LogP contribution is 2.23. The Labute approximate surface area is 221 Å². The predicted octanol–water partition coefficient (Wildman–Crippen LogP) is 4.55. The summed E-state index contributed by atoms with van der Waals surface area (Å²) in [4.78, 5) is 37.3. The number of hydrogen-bond acceptors (Lipinski definition) is 5. The van der Waals surface area contributed by atoms with Crippen molar-refractivity contribution in [3.63, 3.8) is 0 Å². The van der Waals surface area contributed by atoms with E-state index in [4.69, 9.17) is 14.6 Å². The molecule has 4 rings (SSSR count). The van der Waals surface area contributed by atoms with Crippen LogP contribution in [0.25, 0.3) is 0 Å². The van der Waals surface area contributed by atoms with E-state index in [1.54, 1.807) is 29.2 Å². The van der Waals surface area contributed by atoms with Gasteiger partial charge in [-0.15, -0.1) is 0 Å². The molecule has 38 heavy (non-hydrogen) atoms. The fraction of sp³-hybridized carbons (Fsp3) is 0.276. The standard InChI is InChI=1S/C29H31N3O6/c33-27(34)13-16-30-28(35)22-7-4-8-23(19-22)31-29(36)32-17-14-26(15-18-32)38-25-11-9-24(10-12-25)37-20-21-5-2-1-3-6-21/h1-12,19,26H,13-18,20H2,(H,30,35)(H,31,36)(H,33,34). The second kappa shape index (κ2) is 13.1.